The minimum Gasteiger partial charge on any atom is -0.481 e. The molecule has 6 heteroatoms. The first kappa shape index (κ1) is 15.9. The maximum absolute atomic E-state index is 11.6. The first-order chi connectivity index (χ1) is 9.45. The zero-order valence-electron chi connectivity index (χ0n) is 11.9. The summed E-state index contributed by atoms with van der Waals surface area (Å²) < 4.78 is 4.66. The van der Waals surface area contributed by atoms with Crippen molar-refractivity contribution in [1.29, 1.82) is 0 Å². The zero-order chi connectivity index (χ0) is 15.1. The van der Waals surface area contributed by atoms with Crippen molar-refractivity contribution in [1.82, 2.24) is 4.98 Å². The number of aromatic nitrogens is 1. The number of nitrogens with zero attached hydrogens (tertiary/aromatic N) is 1. The van der Waals surface area contributed by atoms with E-state index in [2.05, 4.69) is 15.0 Å². The smallest absolute Gasteiger partial charge is 0.341 e. The van der Waals surface area contributed by atoms with Crippen molar-refractivity contribution < 1.29 is 19.4 Å². The van der Waals surface area contributed by atoms with Crippen LogP contribution in [0.1, 0.15) is 30.6 Å². The lowest BCUT2D eigenvalue weighted by molar-refractivity contribution is -0.141. The van der Waals surface area contributed by atoms with Crippen LogP contribution >= 0.6 is 0 Å². The number of anilines is 1. The summed E-state index contributed by atoms with van der Waals surface area (Å²) in [5, 5.41) is 12.1. The quantitative estimate of drug-likeness (QED) is 0.743. The number of hydrogen-bond donors (Lipinski definition) is 2. The predicted octanol–water partition coefficient (Wildman–Crippen LogP) is 2.03. The van der Waals surface area contributed by atoms with Crippen molar-refractivity contribution in [3.05, 3.63) is 23.9 Å². The number of ether oxygens (including phenoxy) is 1. The fourth-order valence-corrected chi connectivity index (χ4v) is 1.88. The van der Waals surface area contributed by atoms with E-state index in [9.17, 15) is 14.7 Å². The molecule has 1 unspecified atom stereocenters. The van der Waals surface area contributed by atoms with Gasteiger partial charge in [-0.1, -0.05) is 13.8 Å². The number of pyridine rings is 1. The van der Waals surface area contributed by atoms with E-state index in [0.29, 0.717) is 17.8 Å². The van der Waals surface area contributed by atoms with E-state index < -0.39 is 17.9 Å². The Bertz CT molecular complexity index is 474. The molecule has 1 aromatic rings. The van der Waals surface area contributed by atoms with Crippen LogP contribution in [0.15, 0.2) is 18.3 Å². The monoisotopic (exact) mass is 280 g/mol. The van der Waals surface area contributed by atoms with E-state index in [0.717, 1.165) is 0 Å². The van der Waals surface area contributed by atoms with Gasteiger partial charge in [0.2, 0.25) is 0 Å². The number of nitrogens with one attached hydrogen (secondary N) is 1. The third-order valence-electron chi connectivity index (χ3n) is 2.83. The highest BCUT2D eigenvalue weighted by Crippen LogP contribution is 2.16. The predicted molar refractivity (Wildman–Crippen MR) is 74.6 cm³/mol. The van der Waals surface area contributed by atoms with Crippen molar-refractivity contribution >= 4 is 17.8 Å². The van der Waals surface area contributed by atoms with Crippen LogP contribution in [0.4, 0.5) is 5.82 Å². The molecule has 1 aromatic heterocycles. The van der Waals surface area contributed by atoms with E-state index >= 15 is 0 Å². The molecule has 2 N–H and O–H groups in total. The summed E-state index contributed by atoms with van der Waals surface area (Å²) in [7, 11) is 1.29. The minimum absolute atomic E-state index is 0.217. The van der Waals surface area contributed by atoms with Crippen LogP contribution in [0.3, 0.4) is 0 Å². The average molecular weight is 280 g/mol. The van der Waals surface area contributed by atoms with Gasteiger partial charge in [-0.3, -0.25) is 4.79 Å². The molecule has 0 bridgehead atoms. The van der Waals surface area contributed by atoms with Gasteiger partial charge in [0.05, 0.1) is 13.0 Å². The van der Waals surface area contributed by atoms with Gasteiger partial charge in [-0.2, -0.15) is 0 Å². The molecule has 0 radical (unpaired) electrons. The highest BCUT2D eigenvalue weighted by Gasteiger charge is 2.20. The van der Waals surface area contributed by atoms with Gasteiger partial charge < -0.3 is 15.2 Å². The zero-order valence-corrected chi connectivity index (χ0v) is 11.9. The number of aliphatic carboxylic acids is 1. The van der Waals surface area contributed by atoms with Gasteiger partial charge >= 0.3 is 11.9 Å². The van der Waals surface area contributed by atoms with Gasteiger partial charge in [0.25, 0.3) is 0 Å². The van der Waals surface area contributed by atoms with Crippen molar-refractivity contribution in [2.75, 3.05) is 19.0 Å². The molecular weight excluding hydrogens is 260 g/mol. The number of carboxylic acids is 1. The average Bonchev–Trinajstić information content (AvgIpc) is 2.42. The molecular formula is C14H20N2O4. The summed E-state index contributed by atoms with van der Waals surface area (Å²) in [6.07, 6.45) is 2.09. The first-order valence-corrected chi connectivity index (χ1v) is 6.45. The standard InChI is InChI=1S/C14H20N2O4/c1-9(2)7-10(13(17)18)8-16-12-11(14(19)20-3)5-4-6-15-12/h4-6,9-10H,7-8H2,1-3H3,(H,15,16)(H,17,18). The second kappa shape index (κ2) is 7.47. The molecule has 1 rings (SSSR count). The Kier molecular flexibility index (Phi) is 5.96. The number of esters is 1. The molecule has 110 valence electrons. The van der Waals surface area contributed by atoms with Crippen molar-refractivity contribution in [2.24, 2.45) is 11.8 Å². The Labute approximate surface area is 118 Å². The Morgan fingerprint density at radius 1 is 1.45 bits per heavy atom. The summed E-state index contributed by atoms with van der Waals surface area (Å²) in [6.45, 7) is 4.15. The van der Waals surface area contributed by atoms with Crippen LogP contribution in [-0.2, 0) is 9.53 Å². The number of rotatable bonds is 7. The Hall–Kier alpha value is -2.11. The molecule has 0 aliphatic rings. The molecule has 20 heavy (non-hydrogen) atoms. The van der Waals surface area contributed by atoms with Crippen LogP contribution in [0.2, 0.25) is 0 Å². The van der Waals surface area contributed by atoms with Crippen LogP contribution in [-0.4, -0.2) is 35.7 Å². The first-order valence-electron chi connectivity index (χ1n) is 6.45. The highest BCUT2D eigenvalue weighted by atomic mass is 16.5. The number of hydrogen-bond acceptors (Lipinski definition) is 5. The van der Waals surface area contributed by atoms with Crippen LogP contribution in [0.5, 0.6) is 0 Å². The topological polar surface area (TPSA) is 88.5 Å². The maximum Gasteiger partial charge on any atom is 0.341 e. The van der Waals surface area contributed by atoms with Gasteiger partial charge in [-0.05, 0) is 24.5 Å². The largest absolute Gasteiger partial charge is 0.481 e. The highest BCUT2D eigenvalue weighted by molar-refractivity contribution is 5.94. The number of methoxy groups -OCH3 is 1. The molecule has 0 fully saturated rings. The second-order valence-electron chi connectivity index (χ2n) is 4.94. The van der Waals surface area contributed by atoms with Crippen molar-refractivity contribution in [3.8, 4) is 0 Å². The van der Waals surface area contributed by atoms with E-state index in [4.69, 9.17) is 0 Å². The lowest BCUT2D eigenvalue weighted by atomic mass is 9.97. The van der Waals surface area contributed by atoms with Gasteiger partial charge in [0.15, 0.2) is 0 Å². The maximum atomic E-state index is 11.6. The van der Waals surface area contributed by atoms with Gasteiger partial charge in [-0.15, -0.1) is 0 Å². The third kappa shape index (κ3) is 4.53. The van der Waals surface area contributed by atoms with Crippen molar-refractivity contribution in [2.45, 2.75) is 20.3 Å². The molecule has 6 nitrogen and oxygen atoms in total. The van der Waals surface area contributed by atoms with Crippen LogP contribution in [0.25, 0.3) is 0 Å². The molecule has 1 atom stereocenters. The van der Waals surface area contributed by atoms with Crippen molar-refractivity contribution in [3.63, 3.8) is 0 Å². The van der Waals surface area contributed by atoms with E-state index in [-0.39, 0.29) is 12.5 Å². The van der Waals surface area contributed by atoms with Crippen LogP contribution in [0, 0.1) is 11.8 Å². The molecule has 0 aliphatic heterocycles. The third-order valence-corrected chi connectivity index (χ3v) is 2.83. The summed E-state index contributed by atoms with van der Waals surface area (Å²) in [4.78, 5) is 26.8. The molecule has 0 spiro atoms. The summed E-state index contributed by atoms with van der Waals surface area (Å²) in [5.41, 5.74) is 0.295. The van der Waals surface area contributed by atoms with E-state index in [1.165, 1.54) is 13.3 Å². The number of carbonyl (C=O) groups is 2. The number of carboxylic acid groups (broad SMARTS) is 1. The molecule has 0 aromatic carbocycles. The lowest BCUT2D eigenvalue weighted by Gasteiger charge is -2.16. The minimum atomic E-state index is -0.859. The lowest BCUT2D eigenvalue weighted by Crippen LogP contribution is -2.25. The van der Waals surface area contributed by atoms with Crippen LogP contribution < -0.4 is 5.32 Å². The molecule has 1 heterocycles. The fraction of sp³-hybridized carbons (Fsp3) is 0.500. The SMILES string of the molecule is COC(=O)c1cccnc1NCC(CC(C)C)C(=O)O. The Morgan fingerprint density at radius 2 is 2.15 bits per heavy atom. The summed E-state index contributed by atoms with van der Waals surface area (Å²) >= 11 is 0. The molecule has 0 aliphatic carbocycles. The molecule has 0 saturated carbocycles. The Morgan fingerprint density at radius 3 is 2.70 bits per heavy atom. The molecule has 0 saturated heterocycles. The normalized spacial score (nSPS) is 12.0. The van der Waals surface area contributed by atoms with E-state index in [1.54, 1.807) is 12.1 Å². The molecule has 0 amide bonds. The second-order valence-corrected chi connectivity index (χ2v) is 4.94. The van der Waals surface area contributed by atoms with Gasteiger partial charge in [-0.25, -0.2) is 9.78 Å². The van der Waals surface area contributed by atoms with Gasteiger partial charge in [0.1, 0.15) is 11.4 Å². The number of carbonyl (C=O) groups excluding carboxylic acids is 1. The fourth-order valence-electron chi connectivity index (χ4n) is 1.88. The Balaban J connectivity index is 2.78. The van der Waals surface area contributed by atoms with E-state index in [1.807, 2.05) is 13.8 Å². The summed E-state index contributed by atoms with van der Waals surface area (Å²) in [5.74, 6) is -1.27. The van der Waals surface area contributed by atoms with Gasteiger partial charge in [0, 0.05) is 12.7 Å². The summed E-state index contributed by atoms with van der Waals surface area (Å²) in [6, 6.07) is 3.21.